The minimum absolute atomic E-state index is 0.00347. The Morgan fingerprint density at radius 3 is 2.80 bits per heavy atom. The molecule has 2 aromatic carbocycles. The summed E-state index contributed by atoms with van der Waals surface area (Å²) in [6.07, 6.45) is 2.77. The van der Waals surface area contributed by atoms with Crippen LogP contribution < -0.4 is 4.74 Å². The fourth-order valence-electron chi connectivity index (χ4n) is 3.33. The highest BCUT2D eigenvalue weighted by molar-refractivity contribution is 9.10. The smallest absolute Gasteiger partial charge is 0.303 e. The largest absolute Gasteiger partial charge is 0.492 e. The Labute approximate surface area is 155 Å². The molecule has 1 unspecified atom stereocenters. The highest BCUT2D eigenvalue weighted by Crippen LogP contribution is 2.38. The first-order valence-corrected chi connectivity index (χ1v) is 9.22. The van der Waals surface area contributed by atoms with Crippen LogP contribution >= 0.6 is 15.9 Å². The molecule has 0 aromatic heterocycles. The molecular formula is C20H20BrFO3. The lowest BCUT2D eigenvalue weighted by Gasteiger charge is -2.25. The second-order valence-corrected chi connectivity index (χ2v) is 7.22. The predicted octanol–water partition coefficient (Wildman–Crippen LogP) is 4.79. The third-order valence-electron chi connectivity index (χ3n) is 4.64. The molecule has 1 atom stereocenters. The van der Waals surface area contributed by atoms with Gasteiger partial charge in [0.15, 0.2) is 0 Å². The van der Waals surface area contributed by atoms with Crippen LogP contribution in [0.4, 0.5) is 4.39 Å². The maximum absolute atomic E-state index is 14.7. The normalized spacial score (nSPS) is 16.3. The molecule has 3 rings (SSSR count). The summed E-state index contributed by atoms with van der Waals surface area (Å²) < 4.78 is 20.9. The monoisotopic (exact) mass is 406 g/mol. The third kappa shape index (κ3) is 4.40. The molecule has 5 heteroatoms. The van der Waals surface area contributed by atoms with E-state index < -0.39 is 5.97 Å². The van der Waals surface area contributed by atoms with Crippen LogP contribution in [0.1, 0.15) is 29.5 Å². The molecule has 0 bridgehead atoms. The zero-order chi connectivity index (χ0) is 17.8. The van der Waals surface area contributed by atoms with Gasteiger partial charge in [-0.1, -0.05) is 30.3 Å². The average Bonchev–Trinajstić information content (AvgIpc) is 2.60. The number of fused-ring (bicyclic) bond motifs is 1. The van der Waals surface area contributed by atoms with E-state index in [9.17, 15) is 9.18 Å². The number of aliphatic carboxylic acids is 1. The molecular weight excluding hydrogens is 387 g/mol. The lowest BCUT2D eigenvalue weighted by atomic mass is 9.82. The number of hydrogen-bond donors (Lipinski definition) is 1. The van der Waals surface area contributed by atoms with Crippen molar-refractivity contribution in [1.82, 2.24) is 0 Å². The molecule has 0 saturated heterocycles. The Kier molecular flexibility index (Phi) is 5.74. The highest BCUT2D eigenvalue weighted by Gasteiger charge is 2.26. The summed E-state index contributed by atoms with van der Waals surface area (Å²) in [5.74, 6) is -0.629. The second-order valence-electron chi connectivity index (χ2n) is 6.43. The number of rotatable bonds is 6. The van der Waals surface area contributed by atoms with Gasteiger partial charge in [0.05, 0.1) is 11.1 Å². The molecule has 0 amide bonds. The van der Waals surface area contributed by atoms with Crippen molar-refractivity contribution >= 4 is 21.9 Å². The van der Waals surface area contributed by atoms with Gasteiger partial charge in [-0.2, -0.15) is 0 Å². The van der Waals surface area contributed by atoms with Crippen LogP contribution in [0.5, 0.6) is 5.75 Å². The first kappa shape index (κ1) is 17.9. The van der Waals surface area contributed by atoms with Crippen molar-refractivity contribution in [1.29, 1.82) is 0 Å². The minimum Gasteiger partial charge on any atom is -0.492 e. The second kappa shape index (κ2) is 8.00. The standard InChI is InChI=1S/C20H20BrFO3/c21-19-17(25-9-8-13-4-2-1-3-5-13)12-15-7-6-14(11-18(23)24)10-16(15)20(19)22/h1-5,12,14H,6-11H2,(H,23,24). The van der Waals surface area contributed by atoms with Gasteiger partial charge in [-0.15, -0.1) is 0 Å². The predicted molar refractivity (Wildman–Crippen MR) is 97.5 cm³/mol. The maximum atomic E-state index is 14.7. The molecule has 2 aromatic rings. The first-order chi connectivity index (χ1) is 12.0. The number of ether oxygens (including phenoxy) is 1. The van der Waals surface area contributed by atoms with E-state index in [4.69, 9.17) is 9.84 Å². The number of halogens is 2. The van der Waals surface area contributed by atoms with E-state index in [-0.39, 0.29) is 18.2 Å². The van der Waals surface area contributed by atoms with E-state index in [1.54, 1.807) is 0 Å². The summed E-state index contributed by atoms with van der Waals surface area (Å²) >= 11 is 3.30. The highest BCUT2D eigenvalue weighted by atomic mass is 79.9. The van der Waals surface area contributed by atoms with Gasteiger partial charge in [0, 0.05) is 12.8 Å². The number of carboxylic acids is 1. The fourth-order valence-corrected chi connectivity index (χ4v) is 3.80. The fraction of sp³-hybridized carbons (Fsp3) is 0.350. The van der Waals surface area contributed by atoms with E-state index in [0.29, 0.717) is 35.2 Å². The van der Waals surface area contributed by atoms with Gasteiger partial charge in [0.1, 0.15) is 11.6 Å². The number of aryl methyl sites for hydroxylation is 1. The van der Waals surface area contributed by atoms with Crippen molar-refractivity contribution in [3.63, 3.8) is 0 Å². The Morgan fingerprint density at radius 2 is 2.08 bits per heavy atom. The average molecular weight is 407 g/mol. The van der Waals surface area contributed by atoms with Crippen LogP contribution in [0.3, 0.4) is 0 Å². The molecule has 132 valence electrons. The van der Waals surface area contributed by atoms with E-state index in [0.717, 1.165) is 18.4 Å². The van der Waals surface area contributed by atoms with Crippen LogP contribution in [0.15, 0.2) is 40.9 Å². The van der Waals surface area contributed by atoms with Crippen LogP contribution in [0.2, 0.25) is 0 Å². The van der Waals surface area contributed by atoms with Gasteiger partial charge in [-0.25, -0.2) is 4.39 Å². The van der Waals surface area contributed by atoms with E-state index in [1.807, 2.05) is 36.4 Å². The van der Waals surface area contributed by atoms with E-state index in [2.05, 4.69) is 15.9 Å². The molecule has 1 N–H and O–H groups in total. The third-order valence-corrected chi connectivity index (χ3v) is 5.37. The van der Waals surface area contributed by atoms with Gasteiger partial charge in [0.25, 0.3) is 0 Å². The van der Waals surface area contributed by atoms with Gasteiger partial charge < -0.3 is 9.84 Å². The van der Waals surface area contributed by atoms with Gasteiger partial charge in [0.2, 0.25) is 0 Å². The lowest BCUT2D eigenvalue weighted by molar-refractivity contribution is -0.138. The van der Waals surface area contributed by atoms with Crippen molar-refractivity contribution in [2.45, 2.75) is 32.1 Å². The molecule has 0 radical (unpaired) electrons. The molecule has 0 spiro atoms. The van der Waals surface area contributed by atoms with Crippen molar-refractivity contribution in [2.24, 2.45) is 5.92 Å². The van der Waals surface area contributed by atoms with Gasteiger partial charge in [-0.05, 0) is 63.9 Å². The van der Waals surface area contributed by atoms with Crippen LogP contribution in [-0.4, -0.2) is 17.7 Å². The van der Waals surface area contributed by atoms with Crippen LogP contribution in [-0.2, 0) is 24.1 Å². The molecule has 3 nitrogen and oxygen atoms in total. The minimum atomic E-state index is -0.825. The summed E-state index contributed by atoms with van der Waals surface area (Å²) in [4.78, 5) is 10.9. The quantitative estimate of drug-likeness (QED) is 0.749. The zero-order valence-electron chi connectivity index (χ0n) is 13.8. The molecule has 1 aliphatic rings. The maximum Gasteiger partial charge on any atom is 0.303 e. The summed E-state index contributed by atoms with van der Waals surface area (Å²) in [6, 6.07) is 11.9. The molecule has 0 aliphatic heterocycles. The Bertz CT molecular complexity index is 761. The first-order valence-electron chi connectivity index (χ1n) is 8.43. The summed E-state index contributed by atoms with van der Waals surface area (Å²) in [7, 11) is 0. The van der Waals surface area contributed by atoms with Crippen molar-refractivity contribution in [3.05, 3.63) is 63.4 Å². The van der Waals surface area contributed by atoms with E-state index in [1.165, 1.54) is 5.56 Å². The molecule has 25 heavy (non-hydrogen) atoms. The number of carbonyl (C=O) groups is 1. The zero-order valence-corrected chi connectivity index (χ0v) is 15.4. The van der Waals surface area contributed by atoms with Crippen LogP contribution in [0, 0.1) is 11.7 Å². The van der Waals surface area contributed by atoms with Crippen molar-refractivity contribution in [3.8, 4) is 5.75 Å². The summed E-state index contributed by atoms with van der Waals surface area (Å²) in [5, 5.41) is 8.95. The number of hydrogen-bond acceptors (Lipinski definition) is 2. The lowest BCUT2D eigenvalue weighted by Crippen LogP contribution is -2.19. The van der Waals surface area contributed by atoms with Gasteiger partial charge in [-0.3, -0.25) is 4.79 Å². The van der Waals surface area contributed by atoms with Crippen LogP contribution in [0.25, 0.3) is 0 Å². The molecule has 0 heterocycles. The van der Waals surface area contributed by atoms with Crippen molar-refractivity contribution in [2.75, 3.05) is 6.61 Å². The molecule has 0 fully saturated rings. The Hall–Kier alpha value is -1.88. The molecule has 0 saturated carbocycles. The SMILES string of the molecule is O=C(O)CC1CCc2cc(OCCc3ccccc3)c(Br)c(F)c2C1. The van der Waals surface area contributed by atoms with Crippen molar-refractivity contribution < 1.29 is 19.0 Å². The number of carboxylic acid groups (broad SMARTS) is 1. The topological polar surface area (TPSA) is 46.5 Å². The summed E-state index contributed by atoms with van der Waals surface area (Å²) in [6.45, 7) is 0.475. The number of benzene rings is 2. The van der Waals surface area contributed by atoms with Gasteiger partial charge >= 0.3 is 5.97 Å². The Balaban J connectivity index is 1.70. The van der Waals surface area contributed by atoms with E-state index >= 15 is 0 Å². The Morgan fingerprint density at radius 1 is 1.32 bits per heavy atom. The molecule has 1 aliphatic carbocycles. The summed E-state index contributed by atoms with van der Waals surface area (Å²) in [5.41, 5.74) is 2.73.